The van der Waals surface area contributed by atoms with Gasteiger partial charge in [-0.05, 0) is 38.7 Å². The van der Waals surface area contributed by atoms with Gasteiger partial charge in [0.2, 0.25) is 11.8 Å². The van der Waals surface area contributed by atoms with Crippen molar-refractivity contribution in [3.63, 3.8) is 0 Å². The predicted molar refractivity (Wildman–Crippen MR) is 135 cm³/mol. The summed E-state index contributed by atoms with van der Waals surface area (Å²) >= 11 is 0. The van der Waals surface area contributed by atoms with Crippen LogP contribution in [0.15, 0.2) is 41.7 Å². The van der Waals surface area contributed by atoms with Crippen molar-refractivity contribution in [2.24, 2.45) is 28.8 Å². The van der Waals surface area contributed by atoms with Crippen molar-refractivity contribution < 1.29 is 29.7 Å². The molecule has 2 amide bonds. The summed E-state index contributed by atoms with van der Waals surface area (Å²) in [6.45, 7) is 3.74. The van der Waals surface area contributed by atoms with Gasteiger partial charge in [0.1, 0.15) is 5.69 Å². The second-order valence-electron chi connectivity index (χ2n) is 10.6. The molecule has 1 aliphatic heterocycles. The molecule has 2 saturated carbocycles. The minimum absolute atomic E-state index is 0.0998. The maximum Gasteiger partial charge on any atom is 0.233 e. The van der Waals surface area contributed by atoms with Crippen LogP contribution in [-0.4, -0.2) is 78.1 Å². The van der Waals surface area contributed by atoms with Crippen LogP contribution in [0, 0.1) is 23.7 Å². The molecule has 3 aliphatic rings. The fourth-order valence-corrected chi connectivity index (χ4v) is 6.33. The number of carbonyl (C=O) groups is 2. The lowest BCUT2D eigenvalue weighted by Crippen LogP contribution is -2.54. The largest absolute Gasteiger partial charge is 0.394 e. The molecule has 5 rings (SSSR count). The first-order valence-electron chi connectivity index (χ1n) is 13.3. The maximum atomic E-state index is 13.0. The summed E-state index contributed by atoms with van der Waals surface area (Å²) in [6, 6.07) is 9.54. The number of fused-ring (bicyclic) bond motifs is 3. The molecule has 2 aromatic rings. The molecule has 2 heterocycles. The molecule has 1 aromatic heterocycles. The van der Waals surface area contributed by atoms with Gasteiger partial charge >= 0.3 is 0 Å². The third kappa shape index (κ3) is 4.74. The Morgan fingerprint density at radius 3 is 2.58 bits per heavy atom. The summed E-state index contributed by atoms with van der Waals surface area (Å²) < 4.78 is 1.62. The Hall–Kier alpha value is -3.15. The van der Waals surface area contributed by atoms with E-state index in [9.17, 15) is 24.9 Å². The summed E-state index contributed by atoms with van der Waals surface area (Å²) in [4.78, 5) is 32.9. The zero-order valence-corrected chi connectivity index (χ0v) is 21.6. The summed E-state index contributed by atoms with van der Waals surface area (Å²) in [5, 5.41) is 44.2. The maximum absolute atomic E-state index is 13.0. The van der Waals surface area contributed by atoms with E-state index in [1.165, 1.54) is 4.90 Å². The van der Waals surface area contributed by atoms with Gasteiger partial charge in [0, 0.05) is 24.8 Å². The van der Waals surface area contributed by atoms with Gasteiger partial charge in [0.25, 0.3) is 0 Å². The number of aromatic nitrogens is 3. The molecule has 11 nitrogen and oxygen atoms in total. The van der Waals surface area contributed by atoms with Crippen LogP contribution >= 0.6 is 0 Å². The molecule has 1 aromatic carbocycles. The monoisotopic (exact) mass is 525 g/mol. The van der Waals surface area contributed by atoms with Crippen LogP contribution in [0.4, 0.5) is 0 Å². The number of benzene rings is 1. The van der Waals surface area contributed by atoms with E-state index in [1.54, 1.807) is 24.7 Å². The van der Waals surface area contributed by atoms with E-state index in [1.807, 2.05) is 30.3 Å². The zero-order chi connectivity index (χ0) is 27.0. The third-order valence-electron chi connectivity index (χ3n) is 8.36. The number of hydrogen-bond acceptors (Lipinski definition) is 9. The highest BCUT2D eigenvalue weighted by Gasteiger charge is 2.59. The molecule has 8 atom stereocenters. The third-order valence-corrected chi connectivity index (χ3v) is 8.36. The predicted octanol–water partition coefficient (Wildman–Crippen LogP) is 1.26. The highest BCUT2D eigenvalue weighted by molar-refractivity contribution is 6.06. The van der Waals surface area contributed by atoms with Gasteiger partial charge in [-0.2, -0.15) is 0 Å². The van der Waals surface area contributed by atoms with Crippen LogP contribution in [-0.2, 0) is 20.8 Å². The van der Waals surface area contributed by atoms with Gasteiger partial charge < -0.3 is 20.2 Å². The van der Waals surface area contributed by atoms with E-state index in [0.717, 1.165) is 5.56 Å². The number of aliphatic hydroxyl groups is 3. The lowest BCUT2D eigenvalue weighted by atomic mass is 9.60. The van der Waals surface area contributed by atoms with Crippen molar-refractivity contribution in [1.29, 1.82) is 0 Å². The Bertz CT molecular complexity index is 1190. The van der Waals surface area contributed by atoms with Crippen LogP contribution < -0.4 is 0 Å². The molecule has 0 radical (unpaired) electrons. The Labute approximate surface area is 221 Å². The second-order valence-corrected chi connectivity index (χ2v) is 10.6. The van der Waals surface area contributed by atoms with Gasteiger partial charge in [0.05, 0.1) is 48.6 Å². The fraction of sp³-hybridized carbons (Fsp3) is 0.593. The smallest absolute Gasteiger partial charge is 0.233 e. The summed E-state index contributed by atoms with van der Waals surface area (Å²) in [5.41, 5.74) is 2.19. The second kappa shape index (κ2) is 10.9. The van der Waals surface area contributed by atoms with Gasteiger partial charge in [-0.3, -0.25) is 14.5 Å². The highest BCUT2D eigenvalue weighted by Crippen LogP contribution is 2.49. The molecule has 3 N–H and O–H groups in total. The van der Waals surface area contributed by atoms with Crippen molar-refractivity contribution in [2.45, 2.75) is 63.9 Å². The number of oxime groups is 1. The van der Waals surface area contributed by atoms with Gasteiger partial charge in [-0.15, -0.1) is 5.10 Å². The van der Waals surface area contributed by atoms with Gasteiger partial charge in [-0.1, -0.05) is 40.7 Å². The number of nitrogens with zero attached hydrogens (tertiary/aromatic N) is 5. The van der Waals surface area contributed by atoms with Gasteiger partial charge in [-0.25, -0.2) is 4.68 Å². The molecule has 1 saturated heterocycles. The average molecular weight is 526 g/mol. The minimum atomic E-state index is -1.11. The lowest BCUT2D eigenvalue weighted by molar-refractivity contribution is -0.141. The van der Waals surface area contributed by atoms with E-state index < -0.39 is 36.1 Å². The number of rotatable bonds is 8. The quantitative estimate of drug-likeness (QED) is 0.344. The molecule has 204 valence electrons. The first-order chi connectivity index (χ1) is 18.3. The lowest BCUT2D eigenvalue weighted by Gasteiger charge is -2.45. The number of likely N-dealkylation sites (tertiary alicyclic amines) is 1. The minimum Gasteiger partial charge on any atom is -0.394 e. The van der Waals surface area contributed by atoms with Crippen molar-refractivity contribution in [1.82, 2.24) is 19.9 Å². The van der Waals surface area contributed by atoms with E-state index >= 15 is 0 Å². The number of amides is 2. The van der Waals surface area contributed by atoms with Crippen molar-refractivity contribution in [2.75, 3.05) is 13.2 Å². The Balaban J connectivity index is 1.30. The van der Waals surface area contributed by atoms with Crippen LogP contribution in [0.2, 0.25) is 0 Å². The number of carbonyl (C=O) groups excluding carboxylic acids is 2. The molecular formula is C27H35N5O6. The average Bonchev–Trinajstić information content (AvgIpc) is 3.51. The highest BCUT2D eigenvalue weighted by atomic mass is 16.6. The molecule has 3 fully saturated rings. The first kappa shape index (κ1) is 26.5. The van der Waals surface area contributed by atoms with Crippen molar-refractivity contribution in [3.8, 4) is 0 Å². The van der Waals surface area contributed by atoms with E-state index in [2.05, 4.69) is 15.5 Å². The zero-order valence-electron chi connectivity index (χ0n) is 21.6. The Kier molecular flexibility index (Phi) is 7.60. The normalized spacial score (nSPS) is 31.7. The van der Waals surface area contributed by atoms with Gasteiger partial charge in [0.15, 0.2) is 6.10 Å². The van der Waals surface area contributed by atoms with E-state index in [4.69, 9.17) is 4.84 Å². The SMILES string of the molecule is CCN1C(=O)[C@H]2[C@H]3[C@H](O)[C@H](O)CC(=NO[C@@H](C)c4cn([C@H](CO)Cc5ccccc5)nn4)[C@@H]3CC[C@H]2C1=O. The number of hydrogen-bond donors (Lipinski definition) is 3. The summed E-state index contributed by atoms with van der Waals surface area (Å²) in [7, 11) is 0. The molecule has 38 heavy (non-hydrogen) atoms. The number of aliphatic hydroxyl groups excluding tert-OH is 3. The molecule has 0 spiro atoms. The molecule has 0 bridgehead atoms. The van der Waals surface area contributed by atoms with Crippen LogP contribution in [0.1, 0.15) is 56.5 Å². The molecule has 0 unspecified atom stereocenters. The van der Waals surface area contributed by atoms with Crippen LogP contribution in [0.5, 0.6) is 0 Å². The summed E-state index contributed by atoms with van der Waals surface area (Å²) in [6.07, 6.45) is 0.788. The molecular weight excluding hydrogens is 490 g/mol. The molecule has 2 aliphatic carbocycles. The van der Waals surface area contributed by atoms with E-state index in [0.29, 0.717) is 37.2 Å². The fourth-order valence-electron chi connectivity index (χ4n) is 6.33. The Morgan fingerprint density at radius 1 is 1.13 bits per heavy atom. The van der Waals surface area contributed by atoms with Crippen LogP contribution in [0.3, 0.4) is 0 Å². The topological polar surface area (TPSA) is 150 Å². The summed E-state index contributed by atoms with van der Waals surface area (Å²) in [5.74, 6) is -2.44. The Morgan fingerprint density at radius 2 is 1.87 bits per heavy atom. The van der Waals surface area contributed by atoms with Crippen molar-refractivity contribution >= 4 is 17.5 Å². The van der Waals surface area contributed by atoms with Crippen molar-refractivity contribution in [3.05, 3.63) is 47.8 Å². The number of imide groups is 1. The standard InChI is InChI=1S/C27H35N5O6/c1-3-31-26(36)19-10-9-18-20(12-22(34)25(35)23(18)24(19)27(31)37)29-38-15(2)21-13-32(30-28-21)17(14-33)11-16-7-5-4-6-8-16/h4-8,13,15,17-19,22-25,33-35H,3,9-12,14H2,1-2H3/t15-,17-,18-,19+,22+,23-,24+,25+/m0/s1. The van der Waals surface area contributed by atoms with Crippen LogP contribution in [0.25, 0.3) is 0 Å². The molecule has 11 heteroatoms. The first-order valence-corrected chi connectivity index (χ1v) is 13.3. The van der Waals surface area contributed by atoms with E-state index in [-0.39, 0.29) is 36.8 Å².